The molecule has 0 aromatic heterocycles. The van der Waals surface area contributed by atoms with Crippen LogP contribution in [0.3, 0.4) is 0 Å². The van der Waals surface area contributed by atoms with Gasteiger partial charge in [-0.2, -0.15) is 0 Å². The molecule has 3 atom stereocenters. The zero-order valence-electron chi connectivity index (χ0n) is 10.5. The van der Waals surface area contributed by atoms with E-state index in [4.69, 9.17) is 0 Å². The first-order valence-corrected chi connectivity index (χ1v) is 6.73. The van der Waals surface area contributed by atoms with E-state index < -0.39 is 0 Å². The molecule has 88 valence electrons. The molecule has 1 heterocycles. The molecular weight excluding hydrogens is 184 g/mol. The van der Waals surface area contributed by atoms with E-state index in [-0.39, 0.29) is 0 Å². The second kappa shape index (κ2) is 4.84. The molecule has 1 N–H and O–H groups in total. The molecule has 2 rings (SSSR count). The van der Waals surface area contributed by atoms with Crippen LogP contribution in [0.1, 0.15) is 40.0 Å². The molecule has 0 aromatic carbocycles. The van der Waals surface area contributed by atoms with E-state index in [0.717, 1.165) is 23.9 Å². The number of hydrogen-bond donors (Lipinski definition) is 1. The van der Waals surface area contributed by atoms with Gasteiger partial charge in [-0.05, 0) is 31.2 Å². The third-order valence-electron chi connectivity index (χ3n) is 4.39. The highest BCUT2D eigenvalue weighted by molar-refractivity contribution is 4.95. The second-order valence-corrected chi connectivity index (χ2v) is 5.39. The van der Waals surface area contributed by atoms with Crippen LogP contribution < -0.4 is 5.32 Å². The van der Waals surface area contributed by atoms with Crippen LogP contribution in [0, 0.1) is 11.8 Å². The fraction of sp³-hybridized carbons (Fsp3) is 1.00. The van der Waals surface area contributed by atoms with Gasteiger partial charge in [-0.1, -0.05) is 27.2 Å². The van der Waals surface area contributed by atoms with Gasteiger partial charge in [0.2, 0.25) is 0 Å². The molecule has 2 fully saturated rings. The smallest absolute Gasteiger partial charge is 0.0246 e. The van der Waals surface area contributed by atoms with Gasteiger partial charge in [0, 0.05) is 25.2 Å². The Morgan fingerprint density at radius 2 is 2.07 bits per heavy atom. The fourth-order valence-electron chi connectivity index (χ4n) is 2.86. The van der Waals surface area contributed by atoms with E-state index in [0.29, 0.717) is 0 Å². The van der Waals surface area contributed by atoms with Crippen molar-refractivity contribution in [3.63, 3.8) is 0 Å². The van der Waals surface area contributed by atoms with Crippen molar-refractivity contribution in [3.05, 3.63) is 0 Å². The maximum atomic E-state index is 3.77. The maximum Gasteiger partial charge on any atom is 0.0246 e. The standard InChI is InChI=1S/C13H26N2/c1-4-10(3)13-8-14-12(11-6-7-11)9-15(13)5-2/h10-14H,4-9H2,1-3H3. The lowest BCUT2D eigenvalue weighted by Gasteiger charge is -2.42. The van der Waals surface area contributed by atoms with E-state index in [1.165, 1.54) is 38.9 Å². The number of nitrogens with zero attached hydrogens (tertiary/aromatic N) is 1. The number of rotatable bonds is 4. The fourth-order valence-corrected chi connectivity index (χ4v) is 2.86. The predicted molar refractivity (Wildman–Crippen MR) is 65.0 cm³/mol. The molecule has 0 radical (unpaired) electrons. The number of nitrogens with one attached hydrogen (secondary N) is 1. The molecule has 0 bridgehead atoms. The molecule has 1 aliphatic carbocycles. The van der Waals surface area contributed by atoms with Crippen LogP contribution in [0.4, 0.5) is 0 Å². The van der Waals surface area contributed by atoms with Crippen molar-refractivity contribution in [1.29, 1.82) is 0 Å². The summed E-state index contributed by atoms with van der Waals surface area (Å²) >= 11 is 0. The minimum Gasteiger partial charge on any atom is -0.311 e. The predicted octanol–water partition coefficient (Wildman–Crippen LogP) is 2.10. The molecule has 1 aliphatic heterocycles. The summed E-state index contributed by atoms with van der Waals surface area (Å²) in [7, 11) is 0. The van der Waals surface area contributed by atoms with Gasteiger partial charge in [-0.3, -0.25) is 4.90 Å². The topological polar surface area (TPSA) is 15.3 Å². The third kappa shape index (κ3) is 2.54. The highest BCUT2D eigenvalue weighted by Crippen LogP contribution is 2.34. The molecule has 2 heteroatoms. The van der Waals surface area contributed by atoms with Crippen molar-refractivity contribution < 1.29 is 0 Å². The average Bonchev–Trinajstić information content (AvgIpc) is 3.11. The van der Waals surface area contributed by atoms with Gasteiger partial charge in [-0.25, -0.2) is 0 Å². The average molecular weight is 210 g/mol. The van der Waals surface area contributed by atoms with Crippen molar-refractivity contribution in [2.75, 3.05) is 19.6 Å². The van der Waals surface area contributed by atoms with Crippen LogP contribution in [0.5, 0.6) is 0 Å². The summed E-state index contributed by atoms with van der Waals surface area (Å²) in [6.07, 6.45) is 4.23. The molecule has 1 saturated heterocycles. The van der Waals surface area contributed by atoms with Crippen LogP contribution in [-0.2, 0) is 0 Å². The Morgan fingerprint density at radius 3 is 2.60 bits per heavy atom. The maximum absolute atomic E-state index is 3.77. The normalized spacial score (nSPS) is 35.4. The van der Waals surface area contributed by atoms with Gasteiger partial charge < -0.3 is 5.32 Å². The van der Waals surface area contributed by atoms with Crippen molar-refractivity contribution in [2.24, 2.45) is 11.8 Å². The zero-order chi connectivity index (χ0) is 10.8. The van der Waals surface area contributed by atoms with Crippen molar-refractivity contribution in [3.8, 4) is 0 Å². The summed E-state index contributed by atoms with van der Waals surface area (Å²) in [5.74, 6) is 1.83. The largest absolute Gasteiger partial charge is 0.311 e. The summed E-state index contributed by atoms with van der Waals surface area (Å²) < 4.78 is 0. The van der Waals surface area contributed by atoms with Crippen LogP contribution in [-0.4, -0.2) is 36.6 Å². The minimum atomic E-state index is 0.773. The summed E-state index contributed by atoms with van der Waals surface area (Å²) in [6.45, 7) is 10.7. The van der Waals surface area contributed by atoms with Crippen LogP contribution in [0.25, 0.3) is 0 Å². The van der Waals surface area contributed by atoms with Crippen LogP contribution in [0.2, 0.25) is 0 Å². The molecular formula is C13H26N2. The van der Waals surface area contributed by atoms with E-state index in [1.807, 2.05) is 0 Å². The van der Waals surface area contributed by atoms with E-state index in [2.05, 4.69) is 31.0 Å². The van der Waals surface area contributed by atoms with Gasteiger partial charge in [0.15, 0.2) is 0 Å². The van der Waals surface area contributed by atoms with Gasteiger partial charge >= 0.3 is 0 Å². The highest BCUT2D eigenvalue weighted by Gasteiger charge is 2.37. The van der Waals surface area contributed by atoms with Gasteiger partial charge in [0.25, 0.3) is 0 Å². The Balaban J connectivity index is 1.91. The zero-order valence-corrected chi connectivity index (χ0v) is 10.5. The Hall–Kier alpha value is -0.0800. The first-order valence-electron chi connectivity index (χ1n) is 6.73. The first-order chi connectivity index (χ1) is 7.26. The van der Waals surface area contributed by atoms with Crippen LogP contribution in [0.15, 0.2) is 0 Å². The van der Waals surface area contributed by atoms with Gasteiger partial charge in [0.1, 0.15) is 0 Å². The Kier molecular flexibility index (Phi) is 3.68. The second-order valence-electron chi connectivity index (χ2n) is 5.39. The molecule has 1 saturated carbocycles. The lowest BCUT2D eigenvalue weighted by atomic mass is 9.93. The van der Waals surface area contributed by atoms with E-state index >= 15 is 0 Å². The van der Waals surface area contributed by atoms with E-state index in [9.17, 15) is 0 Å². The summed E-state index contributed by atoms with van der Waals surface area (Å²) in [5.41, 5.74) is 0. The summed E-state index contributed by atoms with van der Waals surface area (Å²) in [5, 5.41) is 3.77. The Labute approximate surface area is 94.4 Å². The molecule has 0 spiro atoms. The molecule has 0 amide bonds. The SMILES string of the molecule is CCC(C)C1CNC(C2CC2)CN1CC. The monoisotopic (exact) mass is 210 g/mol. The molecule has 2 nitrogen and oxygen atoms in total. The molecule has 2 aliphatic rings. The molecule has 15 heavy (non-hydrogen) atoms. The van der Waals surface area contributed by atoms with Crippen molar-refractivity contribution in [1.82, 2.24) is 10.2 Å². The first kappa shape index (κ1) is 11.4. The lowest BCUT2D eigenvalue weighted by molar-refractivity contribution is 0.0912. The number of likely N-dealkylation sites (N-methyl/N-ethyl adjacent to an activating group) is 1. The van der Waals surface area contributed by atoms with Crippen molar-refractivity contribution >= 4 is 0 Å². The van der Waals surface area contributed by atoms with E-state index in [1.54, 1.807) is 0 Å². The lowest BCUT2D eigenvalue weighted by Crippen LogP contribution is -2.59. The quantitative estimate of drug-likeness (QED) is 0.764. The Bertz CT molecular complexity index is 201. The van der Waals surface area contributed by atoms with Crippen molar-refractivity contribution in [2.45, 2.75) is 52.1 Å². The Morgan fingerprint density at radius 1 is 1.33 bits per heavy atom. The molecule has 0 aromatic rings. The molecule has 3 unspecified atom stereocenters. The van der Waals surface area contributed by atoms with Gasteiger partial charge in [0.05, 0.1) is 0 Å². The highest BCUT2D eigenvalue weighted by atomic mass is 15.2. The van der Waals surface area contributed by atoms with Crippen LogP contribution >= 0.6 is 0 Å². The summed E-state index contributed by atoms with van der Waals surface area (Å²) in [4.78, 5) is 2.70. The minimum absolute atomic E-state index is 0.773. The van der Waals surface area contributed by atoms with Gasteiger partial charge in [-0.15, -0.1) is 0 Å². The summed E-state index contributed by atoms with van der Waals surface area (Å²) in [6, 6.07) is 1.57. The number of piperazine rings is 1. The number of hydrogen-bond acceptors (Lipinski definition) is 2. The third-order valence-corrected chi connectivity index (χ3v) is 4.39.